The molecule has 0 saturated carbocycles. The van der Waals surface area contributed by atoms with E-state index >= 15 is 0 Å². The third kappa shape index (κ3) is 3.44. The van der Waals surface area contributed by atoms with Crippen LogP contribution in [0, 0.1) is 11.8 Å². The van der Waals surface area contributed by atoms with E-state index in [0.717, 1.165) is 34.4 Å². The number of nitrogens with two attached hydrogens (primary N) is 1. The fraction of sp³-hybridized carbons (Fsp3) is 0.200. The molecule has 1 unspecified atom stereocenters. The fourth-order valence-electron chi connectivity index (χ4n) is 3.77. The summed E-state index contributed by atoms with van der Waals surface area (Å²) < 4.78 is 0. The van der Waals surface area contributed by atoms with E-state index in [1.807, 2.05) is 49.4 Å². The van der Waals surface area contributed by atoms with Crippen molar-refractivity contribution in [2.75, 3.05) is 7.05 Å². The van der Waals surface area contributed by atoms with Crippen molar-refractivity contribution in [2.24, 2.45) is 10.7 Å². The Morgan fingerprint density at radius 2 is 1.90 bits per heavy atom. The monoisotopic (exact) mass is 409 g/mol. The molecule has 1 aromatic carbocycles. The predicted molar refractivity (Wildman–Crippen MR) is 121 cm³/mol. The van der Waals surface area contributed by atoms with Crippen molar-refractivity contribution in [1.29, 1.82) is 0 Å². The molecule has 6 nitrogen and oxygen atoms in total. The smallest absolute Gasteiger partial charge is 0.266 e. The van der Waals surface area contributed by atoms with Crippen molar-refractivity contribution in [2.45, 2.75) is 25.8 Å². The molecular weight excluding hydrogens is 386 g/mol. The number of aliphatic imine (C=N–C) groups is 1. The lowest BCUT2D eigenvalue weighted by atomic mass is 9.82. The lowest BCUT2D eigenvalue weighted by Gasteiger charge is -2.26. The first-order valence-electron chi connectivity index (χ1n) is 10.1. The SMILES string of the molecule is CC#Cc1cncc(-c2cccc(C3(c4ccc(CC)nc4)N=C(N)N(C)C3=O)c2)c1. The number of amides is 1. The van der Waals surface area contributed by atoms with Crippen molar-refractivity contribution < 1.29 is 4.79 Å². The minimum Gasteiger partial charge on any atom is -0.369 e. The van der Waals surface area contributed by atoms with Crippen LogP contribution in [-0.2, 0) is 16.8 Å². The second kappa shape index (κ2) is 8.04. The summed E-state index contributed by atoms with van der Waals surface area (Å²) in [4.78, 5) is 28.3. The molecule has 1 amide bonds. The number of rotatable bonds is 4. The van der Waals surface area contributed by atoms with E-state index in [2.05, 4.69) is 26.8 Å². The third-order valence-electron chi connectivity index (χ3n) is 5.47. The van der Waals surface area contributed by atoms with Crippen molar-refractivity contribution in [1.82, 2.24) is 14.9 Å². The van der Waals surface area contributed by atoms with Crippen LogP contribution in [0.4, 0.5) is 0 Å². The van der Waals surface area contributed by atoms with Crippen molar-refractivity contribution in [3.63, 3.8) is 0 Å². The molecule has 1 aliphatic rings. The highest BCUT2D eigenvalue weighted by Crippen LogP contribution is 2.40. The number of aromatic nitrogens is 2. The maximum Gasteiger partial charge on any atom is 0.266 e. The van der Waals surface area contributed by atoms with Gasteiger partial charge in [0.25, 0.3) is 5.91 Å². The van der Waals surface area contributed by atoms with Gasteiger partial charge in [-0.05, 0) is 42.7 Å². The van der Waals surface area contributed by atoms with Crippen LogP contribution in [0.2, 0.25) is 0 Å². The van der Waals surface area contributed by atoms with Gasteiger partial charge in [-0.3, -0.25) is 19.7 Å². The highest BCUT2D eigenvalue weighted by atomic mass is 16.2. The van der Waals surface area contributed by atoms with Crippen LogP contribution in [-0.4, -0.2) is 33.8 Å². The van der Waals surface area contributed by atoms with Gasteiger partial charge in [-0.15, -0.1) is 5.92 Å². The molecule has 0 bridgehead atoms. The van der Waals surface area contributed by atoms with Crippen LogP contribution in [0.5, 0.6) is 0 Å². The molecule has 0 radical (unpaired) electrons. The highest BCUT2D eigenvalue weighted by Gasteiger charge is 2.49. The van der Waals surface area contributed by atoms with E-state index in [0.29, 0.717) is 5.56 Å². The zero-order valence-corrected chi connectivity index (χ0v) is 17.8. The number of hydrogen-bond donors (Lipinski definition) is 1. The number of pyridine rings is 2. The first kappa shape index (κ1) is 20.3. The van der Waals surface area contributed by atoms with Gasteiger partial charge in [0, 0.05) is 48.0 Å². The molecule has 3 heterocycles. The highest BCUT2D eigenvalue weighted by molar-refractivity contribution is 6.09. The third-order valence-corrected chi connectivity index (χ3v) is 5.47. The molecular formula is C25H23N5O. The summed E-state index contributed by atoms with van der Waals surface area (Å²) >= 11 is 0. The number of benzene rings is 1. The molecule has 2 N–H and O–H groups in total. The Balaban J connectivity index is 1.89. The lowest BCUT2D eigenvalue weighted by Crippen LogP contribution is -2.41. The molecule has 0 fully saturated rings. The summed E-state index contributed by atoms with van der Waals surface area (Å²) in [5.74, 6) is 5.89. The Morgan fingerprint density at radius 3 is 2.55 bits per heavy atom. The standard InChI is InChI=1S/C25H23N5O/c1-4-7-17-12-19(15-27-14-17)18-8-6-9-20(13-18)25(23(31)30(3)24(26)29-25)21-10-11-22(5-2)28-16-21/h6,8-16H,5H2,1-3H3,(H2,26,29). The summed E-state index contributed by atoms with van der Waals surface area (Å²) in [5.41, 5.74) is 9.82. The van der Waals surface area contributed by atoms with Gasteiger partial charge in [-0.25, -0.2) is 4.99 Å². The van der Waals surface area contributed by atoms with E-state index in [1.165, 1.54) is 4.90 Å². The van der Waals surface area contributed by atoms with E-state index in [-0.39, 0.29) is 11.9 Å². The predicted octanol–water partition coefficient (Wildman–Crippen LogP) is 3.11. The number of nitrogens with zero attached hydrogens (tertiary/aromatic N) is 4. The van der Waals surface area contributed by atoms with E-state index < -0.39 is 5.54 Å². The number of carbonyl (C=O) groups is 1. The van der Waals surface area contributed by atoms with Crippen molar-refractivity contribution in [3.05, 3.63) is 83.4 Å². The second-order valence-electron chi connectivity index (χ2n) is 7.35. The summed E-state index contributed by atoms with van der Waals surface area (Å²) in [6.07, 6.45) is 6.04. The summed E-state index contributed by atoms with van der Waals surface area (Å²) in [7, 11) is 1.64. The van der Waals surface area contributed by atoms with Gasteiger partial charge in [0.05, 0.1) is 0 Å². The van der Waals surface area contributed by atoms with Crippen LogP contribution in [0.15, 0.2) is 66.0 Å². The minimum atomic E-state index is -1.28. The Hall–Kier alpha value is -3.98. The maximum absolute atomic E-state index is 13.5. The number of carbonyl (C=O) groups excluding carboxylic acids is 1. The van der Waals surface area contributed by atoms with Crippen LogP contribution in [0.1, 0.15) is 36.2 Å². The van der Waals surface area contributed by atoms with Gasteiger partial charge in [0.1, 0.15) is 0 Å². The lowest BCUT2D eigenvalue weighted by molar-refractivity contribution is -0.129. The van der Waals surface area contributed by atoms with Gasteiger partial charge >= 0.3 is 0 Å². The largest absolute Gasteiger partial charge is 0.369 e. The molecule has 4 rings (SSSR count). The minimum absolute atomic E-state index is 0.178. The van der Waals surface area contributed by atoms with Crippen LogP contribution >= 0.6 is 0 Å². The normalized spacial score (nSPS) is 17.8. The van der Waals surface area contributed by atoms with Crippen molar-refractivity contribution >= 4 is 11.9 Å². The van der Waals surface area contributed by atoms with Gasteiger partial charge in [-0.2, -0.15) is 0 Å². The quantitative estimate of drug-likeness (QED) is 0.671. The summed E-state index contributed by atoms with van der Waals surface area (Å²) in [6.45, 7) is 3.83. The summed E-state index contributed by atoms with van der Waals surface area (Å²) in [6, 6.07) is 13.6. The molecule has 0 spiro atoms. The molecule has 0 saturated heterocycles. The molecule has 3 aromatic rings. The molecule has 1 aliphatic heterocycles. The number of hydrogen-bond acceptors (Lipinski definition) is 5. The molecule has 0 aliphatic carbocycles. The molecule has 154 valence electrons. The Labute approximate surface area is 181 Å². The van der Waals surface area contributed by atoms with Gasteiger partial charge in [-0.1, -0.05) is 37.1 Å². The zero-order valence-electron chi connectivity index (χ0n) is 17.8. The maximum atomic E-state index is 13.5. The summed E-state index contributed by atoms with van der Waals surface area (Å²) in [5, 5.41) is 0. The number of guanidine groups is 1. The van der Waals surface area contributed by atoms with Gasteiger partial charge in [0.2, 0.25) is 0 Å². The van der Waals surface area contributed by atoms with Crippen LogP contribution in [0.25, 0.3) is 11.1 Å². The zero-order chi connectivity index (χ0) is 22.0. The first-order valence-corrected chi connectivity index (χ1v) is 10.1. The van der Waals surface area contributed by atoms with Gasteiger partial charge < -0.3 is 5.73 Å². The first-order chi connectivity index (χ1) is 15.0. The number of aryl methyl sites for hydroxylation is 1. The van der Waals surface area contributed by atoms with Crippen LogP contribution in [0.3, 0.4) is 0 Å². The van der Waals surface area contributed by atoms with E-state index in [9.17, 15) is 4.79 Å². The molecule has 2 aromatic heterocycles. The Morgan fingerprint density at radius 1 is 1.06 bits per heavy atom. The molecule has 6 heteroatoms. The molecule has 1 atom stereocenters. The number of likely N-dealkylation sites (N-methyl/N-ethyl adjacent to an activating group) is 1. The van der Waals surface area contributed by atoms with E-state index in [1.54, 1.807) is 32.6 Å². The van der Waals surface area contributed by atoms with Crippen molar-refractivity contribution in [3.8, 4) is 23.0 Å². The van der Waals surface area contributed by atoms with E-state index in [4.69, 9.17) is 5.73 Å². The van der Waals surface area contributed by atoms with Crippen LogP contribution < -0.4 is 5.73 Å². The Bertz CT molecular complexity index is 1240. The molecule has 31 heavy (non-hydrogen) atoms. The topological polar surface area (TPSA) is 84.5 Å². The average molecular weight is 409 g/mol. The fourth-order valence-corrected chi connectivity index (χ4v) is 3.77. The Kier molecular flexibility index (Phi) is 5.26. The average Bonchev–Trinajstić information content (AvgIpc) is 3.04. The van der Waals surface area contributed by atoms with Gasteiger partial charge in [0.15, 0.2) is 11.5 Å². The second-order valence-corrected chi connectivity index (χ2v) is 7.35.